The lowest BCUT2D eigenvalue weighted by atomic mass is 9.79. The Morgan fingerprint density at radius 1 is 1.27 bits per heavy atom. The van der Waals surface area contributed by atoms with E-state index in [0.29, 0.717) is 11.8 Å². The molecular formula is C13H17FO. The minimum absolute atomic E-state index is 0.142. The van der Waals surface area contributed by atoms with Gasteiger partial charge in [0, 0.05) is 5.92 Å². The molecule has 0 radical (unpaired) electrons. The fourth-order valence-electron chi connectivity index (χ4n) is 2.62. The third-order valence-electron chi connectivity index (χ3n) is 3.27. The second-order valence-corrected chi connectivity index (χ2v) is 4.92. The average molecular weight is 208 g/mol. The van der Waals surface area contributed by atoms with E-state index in [-0.39, 0.29) is 11.4 Å². The van der Waals surface area contributed by atoms with E-state index < -0.39 is 0 Å². The third kappa shape index (κ3) is 1.91. The molecule has 2 unspecified atom stereocenters. The van der Waals surface area contributed by atoms with Gasteiger partial charge in [0.05, 0.1) is 12.2 Å². The summed E-state index contributed by atoms with van der Waals surface area (Å²) in [7, 11) is 0. The summed E-state index contributed by atoms with van der Waals surface area (Å²) in [6.07, 6.45) is 0. The predicted molar refractivity (Wildman–Crippen MR) is 58.3 cm³/mol. The van der Waals surface area contributed by atoms with E-state index in [9.17, 15) is 4.39 Å². The molecule has 1 aromatic rings. The molecule has 15 heavy (non-hydrogen) atoms. The van der Waals surface area contributed by atoms with Crippen LogP contribution >= 0.6 is 0 Å². The summed E-state index contributed by atoms with van der Waals surface area (Å²) < 4.78 is 18.6. The minimum Gasteiger partial charge on any atom is -0.375 e. The van der Waals surface area contributed by atoms with Gasteiger partial charge in [0.15, 0.2) is 0 Å². The molecule has 82 valence electrons. The Kier molecular flexibility index (Phi) is 2.55. The normalized spacial score (nSPS) is 29.3. The molecule has 2 rings (SSSR count). The summed E-state index contributed by atoms with van der Waals surface area (Å²) >= 11 is 0. The molecule has 1 heterocycles. The molecule has 0 bridgehead atoms. The summed E-state index contributed by atoms with van der Waals surface area (Å²) in [6, 6.07) is 6.78. The van der Waals surface area contributed by atoms with E-state index in [1.165, 1.54) is 17.7 Å². The Morgan fingerprint density at radius 2 is 1.87 bits per heavy atom. The molecule has 1 fully saturated rings. The molecule has 0 aliphatic carbocycles. The summed E-state index contributed by atoms with van der Waals surface area (Å²) in [6.45, 7) is 7.17. The van der Waals surface area contributed by atoms with Gasteiger partial charge in [-0.15, -0.1) is 0 Å². The maximum atomic E-state index is 12.8. The molecule has 1 nitrogen and oxygen atoms in total. The number of benzene rings is 1. The summed E-state index contributed by atoms with van der Waals surface area (Å²) in [5.41, 5.74) is 1.03. The molecule has 2 heteroatoms. The minimum atomic E-state index is -0.178. The zero-order valence-electron chi connectivity index (χ0n) is 9.46. The van der Waals surface area contributed by atoms with Crippen LogP contribution < -0.4 is 0 Å². The molecule has 0 spiro atoms. The lowest BCUT2D eigenvalue weighted by Gasteiger charge is -2.28. The van der Waals surface area contributed by atoms with Crippen LogP contribution in [0.3, 0.4) is 0 Å². The summed E-state index contributed by atoms with van der Waals surface area (Å²) in [5.74, 6) is 0.673. The number of halogens is 1. The Balaban J connectivity index is 2.33. The third-order valence-corrected chi connectivity index (χ3v) is 3.27. The monoisotopic (exact) mass is 208 g/mol. The van der Waals surface area contributed by atoms with Gasteiger partial charge in [-0.2, -0.15) is 0 Å². The van der Waals surface area contributed by atoms with Gasteiger partial charge in [0.25, 0.3) is 0 Å². The zero-order chi connectivity index (χ0) is 11.1. The molecular weight excluding hydrogens is 191 g/mol. The summed E-state index contributed by atoms with van der Waals surface area (Å²) in [5, 5.41) is 0. The summed E-state index contributed by atoms with van der Waals surface area (Å²) in [4.78, 5) is 0. The number of hydrogen-bond donors (Lipinski definition) is 0. The lowest BCUT2D eigenvalue weighted by Crippen LogP contribution is -2.27. The average Bonchev–Trinajstić information content (AvgIpc) is 2.43. The molecule has 1 aliphatic rings. The van der Waals surface area contributed by atoms with E-state index in [2.05, 4.69) is 20.8 Å². The molecule has 0 N–H and O–H groups in total. The molecule has 2 atom stereocenters. The van der Waals surface area contributed by atoms with Crippen LogP contribution in [0, 0.1) is 11.7 Å². The van der Waals surface area contributed by atoms with Crippen LogP contribution in [-0.4, -0.2) is 12.2 Å². The molecule has 1 saturated heterocycles. The van der Waals surface area contributed by atoms with Crippen molar-refractivity contribution >= 4 is 0 Å². The van der Waals surface area contributed by atoms with Crippen molar-refractivity contribution in [1.82, 2.24) is 0 Å². The predicted octanol–water partition coefficient (Wildman–Crippen LogP) is 3.35. The number of ether oxygens (including phenoxy) is 1. The van der Waals surface area contributed by atoms with Crippen molar-refractivity contribution in [1.29, 1.82) is 0 Å². The van der Waals surface area contributed by atoms with Crippen LogP contribution in [0.4, 0.5) is 4.39 Å². The second kappa shape index (κ2) is 3.60. The Bertz CT molecular complexity index is 342. The Labute approximate surface area is 90.3 Å². The highest BCUT2D eigenvalue weighted by molar-refractivity contribution is 5.25. The van der Waals surface area contributed by atoms with E-state index in [0.717, 1.165) is 6.61 Å². The second-order valence-electron chi connectivity index (χ2n) is 4.92. The first-order chi connectivity index (χ1) is 7.00. The van der Waals surface area contributed by atoms with Crippen LogP contribution in [-0.2, 0) is 4.74 Å². The highest BCUT2D eigenvalue weighted by Crippen LogP contribution is 2.43. The smallest absolute Gasteiger partial charge is 0.123 e. The molecule has 0 aromatic heterocycles. The van der Waals surface area contributed by atoms with Gasteiger partial charge in [-0.25, -0.2) is 4.39 Å². The van der Waals surface area contributed by atoms with Crippen molar-refractivity contribution < 1.29 is 9.13 Å². The highest BCUT2D eigenvalue weighted by atomic mass is 19.1. The van der Waals surface area contributed by atoms with E-state index in [1.807, 2.05) is 12.1 Å². The Hall–Kier alpha value is -0.890. The van der Waals surface area contributed by atoms with Gasteiger partial charge in [0.2, 0.25) is 0 Å². The zero-order valence-corrected chi connectivity index (χ0v) is 9.46. The highest BCUT2D eigenvalue weighted by Gasteiger charge is 2.41. The van der Waals surface area contributed by atoms with Crippen molar-refractivity contribution in [3.63, 3.8) is 0 Å². The molecule has 1 aromatic carbocycles. The van der Waals surface area contributed by atoms with Crippen molar-refractivity contribution in [3.05, 3.63) is 35.6 Å². The maximum Gasteiger partial charge on any atom is 0.123 e. The topological polar surface area (TPSA) is 9.23 Å². The van der Waals surface area contributed by atoms with Crippen molar-refractivity contribution in [2.45, 2.75) is 32.3 Å². The first-order valence-electron chi connectivity index (χ1n) is 5.40. The van der Waals surface area contributed by atoms with Crippen molar-refractivity contribution in [2.75, 3.05) is 6.61 Å². The van der Waals surface area contributed by atoms with Gasteiger partial charge < -0.3 is 4.74 Å². The van der Waals surface area contributed by atoms with Crippen LogP contribution in [0.15, 0.2) is 24.3 Å². The van der Waals surface area contributed by atoms with Crippen molar-refractivity contribution in [3.8, 4) is 0 Å². The van der Waals surface area contributed by atoms with E-state index >= 15 is 0 Å². The quantitative estimate of drug-likeness (QED) is 0.687. The van der Waals surface area contributed by atoms with E-state index in [4.69, 9.17) is 4.74 Å². The fraction of sp³-hybridized carbons (Fsp3) is 0.538. The number of hydrogen-bond acceptors (Lipinski definition) is 1. The van der Waals surface area contributed by atoms with Crippen LogP contribution in [0.1, 0.15) is 32.3 Å². The van der Waals surface area contributed by atoms with E-state index in [1.54, 1.807) is 0 Å². The van der Waals surface area contributed by atoms with Gasteiger partial charge in [-0.3, -0.25) is 0 Å². The Morgan fingerprint density at radius 3 is 2.33 bits per heavy atom. The fourth-order valence-corrected chi connectivity index (χ4v) is 2.62. The lowest BCUT2D eigenvalue weighted by molar-refractivity contribution is 0.0265. The molecule has 1 aliphatic heterocycles. The SMILES string of the molecule is CC1COC(C)(C)C1c1ccc(F)cc1. The number of rotatable bonds is 1. The molecule has 0 amide bonds. The van der Waals surface area contributed by atoms with Gasteiger partial charge in [-0.1, -0.05) is 19.1 Å². The van der Waals surface area contributed by atoms with Gasteiger partial charge >= 0.3 is 0 Å². The molecule has 0 saturated carbocycles. The van der Waals surface area contributed by atoms with Gasteiger partial charge in [-0.05, 0) is 37.5 Å². The standard InChI is InChI=1S/C13H17FO/c1-9-8-15-13(2,3)12(9)10-4-6-11(14)7-5-10/h4-7,9,12H,8H2,1-3H3. The van der Waals surface area contributed by atoms with Gasteiger partial charge in [0.1, 0.15) is 5.82 Å². The maximum absolute atomic E-state index is 12.8. The van der Waals surface area contributed by atoms with Crippen LogP contribution in [0.2, 0.25) is 0 Å². The van der Waals surface area contributed by atoms with Crippen LogP contribution in [0.25, 0.3) is 0 Å². The first-order valence-corrected chi connectivity index (χ1v) is 5.40. The largest absolute Gasteiger partial charge is 0.375 e. The first kappa shape index (κ1) is 10.6. The van der Waals surface area contributed by atoms with Crippen LogP contribution in [0.5, 0.6) is 0 Å². The van der Waals surface area contributed by atoms with Crippen molar-refractivity contribution in [2.24, 2.45) is 5.92 Å².